The fraction of sp³-hybridized carbons (Fsp3) is 0.941. The van der Waals surface area contributed by atoms with E-state index in [9.17, 15) is 4.79 Å². The standard InChI is InChI=1S/C17H34O4/c1-2-3-4-5-6-7-8-9-10-11-12-13-17(14-18,15-19)16(20)21/h18-19H,2-15H2,1H3,(H,20,21). The molecular weight excluding hydrogens is 268 g/mol. The van der Waals surface area contributed by atoms with Crippen molar-refractivity contribution in [2.75, 3.05) is 13.2 Å². The monoisotopic (exact) mass is 302 g/mol. The molecule has 0 bridgehead atoms. The van der Waals surface area contributed by atoms with Gasteiger partial charge in [-0.1, -0.05) is 77.6 Å². The number of aliphatic hydroxyl groups is 2. The first-order valence-electron chi connectivity index (χ1n) is 8.58. The van der Waals surface area contributed by atoms with Crippen molar-refractivity contribution < 1.29 is 20.1 Å². The Morgan fingerprint density at radius 3 is 1.48 bits per heavy atom. The molecule has 3 N–H and O–H groups in total. The van der Waals surface area contributed by atoms with Crippen LogP contribution < -0.4 is 0 Å². The number of carboxylic acids is 1. The molecule has 0 radical (unpaired) electrons. The predicted octanol–water partition coefficient (Wildman–Crippen LogP) is 3.74. The molecule has 0 heterocycles. The van der Waals surface area contributed by atoms with Gasteiger partial charge in [-0.2, -0.15) is 0 Å². The van der Waals surface area contributed by atoms with Crippen molar-refractivity contribution in [2.45, 2.75) is 84.0 Å². The number of hydrogen-bond donors (Lipinski definition) is 3. The molecule has 4 heteroatoms. The van der Waals surface area contributed by atoms with Gasteiger partial charge in [0.2, 0.25) is 0 Å². The maximum atomic E-state index is 11.1. The van der Waals surface area contributed by atoms with Crippen LogP contribution in [0.15, 0.2) is 0 Å². The largest absolute Gasteiger partial charge is 0.481 e. The van der Waals surface area contributed by atoms with Crippen LogP contribution in [0.3, 0.4) is 0 Å². The van der Waals surface area contributed by atoms with Gasteiger partial charge in [-0.25, -0.2) is 0 Å². The van der Waals surface area contributed by atoms with Crippen molar-refractivity contribution in [2.24, 2.45) is 5.41 Å². The molecule has 0 unspecified atom stereocenters. The van der Waals surface area contributed by atoms with Gasteiger partial charge in [0.05, 0.1) is 13.2 Å². The van der Waals surface area contributed by atoms with Crippen LogP contribution in [0.1, 0.15) is 84.0 Å². The van der Waals surface area contributed by atoms with Crippen molar-refractivity contribution in [3.8, 4) is 0 Å². The Morgan fingerprint density at radius 2 is 1.14 bits per heavy atom. The number of hydrogen-bond acceptors (Lipinski definition) is 3. The molecule has 0 amide bonds. The van der Waals surface area contributed by atoms with Crippen molar-refractivity contribution in [3.63, 3.8) is 0 Å². The molecule has 0 aromatic heterocycles. The molecule has 126 valence electrons. The second kappa shape index (κ2) is 13.1. The summed E-state index contributed by atoms with van der Waals surface area (Å²) in [4.78, 5) is 11.1. The Morgan fingerprint density at radius 1 is 0.762 bits per heavy atom. The molecule has 0 saturated heterocycles. The van der Waals surface area contributed by atoms with E-state index in [1.54, 1.807) is 0 Å². The van der Waals surface area contributed by atoms with Crippen LogP contribution in [0.2, 0.25) is 0 Å². The second-order valence-corrected chi connectivity index (χ2v) is 6.19. The zero-order chi connectivity index (χ0) is 16.0. The molecule has 0 rings (SSSR count). The lowest BCUT2D eigenvalue weighted by Crippen LogP contribution is -2.38. The third-order valence-corrected chi connectivity index (χ3v) is 4.32. The van der Waals surface area contributed by atoms with Crippen LogP contribution in [0, 0.1) is 5.41 Å². The zero-order valence-electron chi connectivity index (χ0n) is 13.6. The average molecular weight is 302 g/mol. The molecule has 4 nitrogen and oxygen atoms in total. The number of aliphatic carboxylic acids is 1. The molecule has 0 aliphatic heterocycles. The van der Waals surface area contributed by atoms with Gasteiger partial charge in [-0.05, 0) is 6.42 Å². The summed E-state index contributed by atoms with van der Waals surface area (Å²) >= 11 is 0. The van der Waals surface area contributed by atoms with Gasteiger partial charge in [-0.3, -0.25) is 4.79 Å². The Bertz CT molecular complexity index is 249. The Labute approximate surface area is 129 Å². The highest BCUT2D eigenvalue weighted by atomic mass is 16.4. The summed E-state index contributed by atoms with van der Waals surface area (Å²) in [5, 5.41) is 27.4. The molecular formula is C17H34O4. The van der Waals surface area contributed by atoms with E-state index in [1.165, 1.54) is 51.4 Å². The van der Waals surface area contributed by atoms with Crippen LogP contribution >= 0.6 is 0 Å². The van der Waals surface area contributed by atoms with Crippen LogP contribution in [0.25, 0.3) is 0 Å². The maximum absolute atomic E-state index is 11.1. The summed E-state index contributed by atoms with van der Waals surface area (Å²) in [6.45, 7) is 1.25. The van der Waals surface area contributed by atoms with E-state index in [0.29, 0.717) is 6.42 Å². The summed E-state index contributed by atoms with van der Waals surface area (Å²) in [7, 11) is 0. The summed E-state index contributed by atoms with van der Waals surface area (Å²) in [5.41, 5.74) is -1.35. The van der Waals surface area contributed by atoms with Gasteiger partial charge in [0.1, 0.15) is 5.41 Å². The number of aliphatic hydroxyl groups excluding tert-OH is 2. The van der Waals surface area contributed by atoms with Crippen molar-refractivity contribution in [1.29, 1.82) is 0 Å². The number of unbranched alkanes of at least 4 members (excludes halogenated alkanes) is 10. The number of carbonyl (C=O) groups is 1. The van der Waals surface area contributed by atoms with E-state index in [4.69, 9.17) is 15.3 Å². The fourth-order valence-electron chi connectivity index (χ4n) is 2.58. The van der Waals surface area contributed by atoms with E-state index in [2.05, 4.69) is 6.92 Å². The van der Waals surface area contributed by atoms with E-state index in [-0.39, 0.29) is 0 Å². The van der Waals surface area contributed by atoms with E-state index in [0.717, 1.165) is 19.3 Å². The van der Waals surface area contributed by atoms with Crippen LogP contribution in [-0.4, -0.2) is 34.5 Å². The third kappa shape index (κ3) is 9.10. The van der Waals surface area contributed by atoms with Gasteiger partial charge in [-0.15, -0.1) is 0 Å². The Hall–Kier alpha value is -0.610. The molecule has 21 heavy (non-hydrogen) atoms. The highest BCUT2D eigenvalue weighted by Gasteiger charge is 2.36. The summed E-state index contributed by atoms with van der Waals surface area (Å²) in [6, 6.07) is 0. The highest BCUT2D eigenvalue weighted by molar-refractivity contribution is 5.74. The molecule has 0 atom stereocenters. The van der Waals surface area contributed by atoms with Gasteiger partial charge in [0.15, 0.2) is 0 Å². The summed E-state index contributed by atoms with van der Waals surface area (Å²) in [5.74, 6) is -1.10. The van der Waals surface area contributed by atoms with Crippen LogP contribution in [0.4, 0.5) is 0 Å². The van der Waals surface area contributed by atoms with Crippen molar-refractivity contribution >= 4 is 5.97 Å². The quantitative estimate of drug-likeness (QED) is 0.403. The predicted molar refractivity (Wildman–Crippen MR) is 85.3 cm³/mol. The van der Waals surface area contributed by atoms with Gasteiger partial charge in [0, 0.05) is 0 Å². The minimum atomic E-state index is -1.35. The normalized spacial score (nSPS) is 11.8. The van der Waals surface area contributed by atoms with Crippen LogP contribution in [0.5, 0.6) is 0 Å². The maximum Gasteiger partial charge on any atom is 0.314 e. The summed E-state index contributed by atoms with van der Waals surface area (Å²) in [6.07, 6.45) is 13.6. The molecule has 0 aromatic carbocycles. The molecule has 0 saturated carbocycles. The fourth-order valence-corrected chi connectivity index (χ4v) is 2.58. The lowest BCUT2D eigenvalue weighted by Gasteiger charge is -2.24. The SMILES string of the molecule is CCCCCCCCCCCCCC(CO)(CO)C(=O)O. The molecule has 0 spiro atoms. The lowest BCUT2D eigenvalue weighted by molar-refractivity contribution is -0.155. The minimum absolute atomic E-state index is 0.354. The van der Waals surface area contributed by atoms with Crippen molar-refractivity contribution in [1.82, 2.24) is 0 Å². The zero-order valence-corrected chi connectivity index (χ0v) is 13.6. The minimum Gasteiger partial charge on any atom is -0.481 e. The molecule has 0 aliphatic rings. The smallest absolute Gasteiger partial charge is 0.314 e. The van der Waals surface area contributed by atoms with E-state index < -0.39 is 24.6 Å². The number of rotatable bonds is 15. The van der Waals surface area contributed by atoms with E-state index in [1.807, 2.05) is 0 Å². The first-order chi connectivity index (χ1) is 10.1. The van der Waals surface area contributed by atoms with Crippen molar-refractivity contribution in [3.05, 3.63) is 0 Å². The topological polar surface area (TPSA) is 77.8 Å². The second-order valence-electron chi connectivity index (χ2n) is 6.19. The van der Waals surface area contributed by atoms with Crippen LogP contribution in [-0.2, 0) is 4.79 Å². The Balaban J connectivity index is 3.49. The average Bonchev–Trinajstić information content (AvgIpc) is 2.49. The third-order valence-electron chi connectivity index (χ3n) is 4.32. The van der Waals surface area contributed by atoms with E-state index >= 15 is 0 Å². The lowest BCUT2D eigenvalue weighted by atomic mass is 9.84. The molecule has 0 fully saturated rings. The molecule has 0 aliphatic carbocycles. The first kappa shape index (κ1) is 20.4. The van der Waals surface area contributed by atoms with Gasteiger partial charge >= 0.3 is 5.97 Å². The number of carboxylic acid groups (broad SMARTS) is 1. The first-order valence-corrected chi connectivity index (χ1v) is 8.58. The van der Waals surface area contributed by atoms with Gasteiger partial charge in [0.25, 0.3) is 0 Å². The summed E-state index contributed by atoms with van der Waals surface area (Å²) < 4.78 is 0. The molecule has 0 aromatic rings. The Kier molecular flexibility index (Phi) is 12.7. The van der Waals surface area contributed by atoms with Gasteiger partial charge < -0.3 is 15.3 Å². The highest BCUT2D eigenvalue weighted by Crippen LogP contribution is 2.25.